The van der Waals surface area contributed by atoms with Crippen LogP contribution in [0, 0.1) is 32.6 Å². The quantitative estimate of drug-likeness (QED) is 0.262. The molecular weight excluding hydrogens is 468 g/mol. The van der Waals surface area contributed by atoms with Crippen LogP contribution in [0.1, 0.15) is 62.2 Å². The predicted octanol–water partition coefficient (Wildman–Crippen LogP) is 4.85. The maximum Gasteiger partial charge on any atom is 0.253 e. The molecule has 0 radical (unpaired) electrons. The molecule has 0 aliphatic rings. The number of benzene rings is 1. The van der Waals surface area contributed by atoms with Crippen molar-refractivity contribution < 1.29 is 4.79 Å². The zero-order valence-corrected chi connectivity index (χ0v) is 23.8. The molecule has 1 N–H and O–H groups in total. The van der Waals surface area contributed by atoms with Gasteiger partial charge < -0.3 is 10.2 Å². The number of thioether (sulfide) groups is 1. The van der Waals surface area contributed by atoms with E-state index in [1.165, 1.54) is 22.9 Å². The number of aryl methyl sites for hydroxylation is 3. The Balaban J connectivity index is 1.53. The molecule has 0 fully saturated rings. The topological polar surface area (TPSA) is 75.4 Å². The number of carbonyl (C=O) groups is 1. The Hall–Kier alpha value is -2.45. The van der Waals surface area contributed by atoms with E-state index in [2.05, 4.69) is 91.1 Å². The van der Waals surface area contributed by atoms with Crippen LogP contribution in [0.5, 0.6) is 0 Å². The van der Waals surface area contributed by atoms with Gasteiger partial charge in [0.15, 0.2) is 0 Å². The van der Waals surface area contributed by atoms with Crippen molar-refractivity contribution in [2.45, 2.75) is 66.5 Å². The summed E-state index contributed by atoms with van der Waals surface area (Å²) in [6.07, 6.45) is 1.76. The summed E-state index contributed by atoms with van der Waals surface area (Å²) in [7, 11) is 0. The zero-order valence-electron chi connectivity index (χ0n) is 23.0. The number of rotatable bonds is 13. The highest BCUT2D eigenvalue weighted by Crippen LogP contribution is 2.21. The first-order valence-corrected chi connectivity index (χ1v) is 14.0. The van der Waals surface area contributed by atoms with Crippen LogP contribution in [0.4, 0.5) is 0 Å². The van der Waals surface area contributed by atoms with E-state index in [0.717, 1.165) is 49.4 Å². The van der Waals surface area contributed by atoms with Crippen molar-refractivity contribution in [3.8, 4) is 0 Å². The number of hydrogen-bond acceptors (Lipinski definition) is 6. The van der Waals surface area contributed by atoms with Crippen LogP contribution in [-0.2, 0) is 11.2 Å². The van der Waals surface area contributed by atoms with Gasteiger partial charge in [-0.2, -0.15) is 4.98 Å². The second-order valence-electron chi connectivity index (χ2n) is 10.6. The molecule has 7 nitrogen and oxygen atoms in total. The van der Waals surface area contributed by atoms with Crippen molar-refractivity contribution in [2.24, 2.45) is 11.8 Å². The van der Waals surface area contributed by atoms with Gasteiger partial charge in [-0.25, -0.2) is 9.50 Å². The van der Waals surface area contributed by atoms with Crippen LogP contribution in [-0.4, -0.2) is 62.3 Å². The first-order chi connectivity index (χ1) is 17.1. The molecule has 0 saturated carbocycles. The molecule has 0 saturated heterocycles. The second kappa shape index (κ2) is 13.2. The first kappa shape index (κ1) is 28.1. The van der Waals surface area contributed by atoms with Crippen LogP contribution < -0.4 is 5.32 Å². The zero-order chi connectivity index (χ0) is 26.2. The van der Waals surface area contributed by atoms with E-state index in [1.54, 1.807) is 4.52 Å². The normalized spacial score (nSPS) is 11.8. The molecule has 36 heavy (non-hydrogen) atoms. The summed E-state index contributed by atoms with van der Waals surface area (Å²) in [5, 5.41) is 8.26. The van der Waals surface area contributed by atoms with Gasteiger partial charge in [-0.1, -0.05) is 69.3 Å². The summed E-state index contributed by atoms with van der Waals surface area (Å²) in [4.78, 5) is 24.2. The van der Waals surface area contributed by atoms with Crippen molar-refractivity contribution >= 4 is 23.4 Å². The molecule has 0 unspecified atom stereocenters. The molecule has 0 spiro atoms. The summed E-state index contributed by atoms with van der Waals surface area (Å²) >= 11 is 1.36. The largest absolute Gasteiger partial charge is 0.355 e. The van der Waals surface area contributed by atoms with Gasteiger partial charge in [-0.05, 0) is 56.7 Å². The van der Waals surface area contributed by atoms with Gasteiger partial charge in [-0.15, -0.1) is 5.10 Å². The van der Waals surface area contributed by atoms with Gasteiger partial charge in [0.25, 0.3) is 5.78 Å². The van der Waals surface area contributed by atoms with E-state index in [-0.39, 0.29) is 5.91 Å². The summed E-state index contributed by atoms with van der Waals surface area (Å²) in [6.45, 7) is 19.1. The van der Waals surface area contributed by atoms with Crippen LogP contribution >= 0.6 is 11.8 Å². The van der Waals surface area contributed by atoms with Gasteiger partial charge in [0, 0.05) is 37.4 Å². The summed E-state index contributed by atoms with van der Waals surface area (Å²) < 4.78 is 1.80. The molecule has 2 heterocycles. The van der Waals surface area contributed by atoms with Crippen LogP contribution in [0.25, 0.3) is 5.78 Å². The fraction of sp³-hybridized carbons (Fsp3) is 0.571. The maximum atomic E-state index is 12.4. The summed E-state index contributed by atoms with van der Waals surface area (Å²) in [5.41, 5.74) is 5.66. The Morgan fingerprint density at radius 2 is 1.69 bits per heavy atom. The number of nitrogens with zero attached hydrogens (tertiary/aromatic N) is 5. The van der Waals surface area contributed by atoms with E-state index in [1.807, 2.05) is 6.92 Å². The molecule has 3 aromatic rings. The SMILES string of the molecule is Cc1ccc(Cc2c(C)nc3nc(SCC(=O)NCCCN(CC(C)C)CC(C)C)nn3c2C)cc1. The average Bonchev–Trinajstić information content (AvgIpc) is 3.21. The molecule has 3 rings (SSSR count). The number of nitrogens with one attached hydrogen (secondary N) is 1. The minimum atomic E-state index is 0.0130. The van der Waals surface area contributed by atoms with E-state index >= 15 is 0 Å². The van der Waals surface area contributed by atoms with Gasteiger partial charge in [0.05, 0.1) is 5.75 Å². The molecular formula is C28H42N6OS. The Labute approximate surface area is 220 Å². The molecule has 8 heteroatoms. The number of fused-ring (bicyclic) bond motifs is 1. The van der Waals surface area contributed by atoms with Crippen LogP contribution in [0.3, 0.4) is 0 Å². The average molecular weight is 511 g/mol. The Bertz CT molecular complexity index is 1130. The highest BCUT2D eigenvalue weighted by molar-refractivity contribution is 7.99. The molecule has 0 bridgehead atoms. The molecule has 0 aliphatic carbocycles. The molecule has 2 aromatic heterocycles. The molecule has 196 valence electrons. The van der Waals surface area contributed by atoms with E-state index in [0.29, 0.717) is 35.1 Å². The van der Waals surface area contributed by atoms with E-state index in [4.69, 9.17) is 0 Å². The van der Waals surface area contributed by atoms with Gasteiger partial charge in [-0.3, -0.25) is 4.79 Å². The lowest BCUT2D eigenvalue weighted by molar-refractivity contribution is -0.118. The smallest absolute Gasteiger partial charge is 0.253 e. The maximum absolute atomic E-state index is 12.4. The van der Waals surface area contributed by atoms with Crippen LogP contribution in [0.15, 0.2) is 29.4 Å². The lowest BCUT2D eigenvalue weighted by atomic mass is 10.0. The summed E-state index contributed by atoms with van der Waals surface area (Å²) in [6, 6.07) is 8.58. The number of amides is 1. The fourth-order valence-corrected chi connectivity index (χ4v) is 5.07. The number of hydrogen-bond donors (Lipinski definition) is 1. The first-order valence-electron chi connectivity index (χ1n) is 13.0. The molecule has 1 amide bonds. The van der Waals surface area contributed by atoms with Gasteiger partial charge in [0.2, 0.25) is 11.1 Å². The van der Waals surface area contributed by atoms with Crippen LogP contribution in [0.2, 0.25) is 0 Å². The van der Waals surface area contributed by atoms with E-state index < -0.39 is 0 Å². The van der Waals surface area contributed by atoms with Crippen molar-refractivity contribution in [3.63, 3.8) is 0 Å². The van der Waals surface area contributed by atoms with Crippen molar-refractivity contribution in [1.82, 2.24) is 29.8 Å². The monoisotopic (exact) mass is 510 g/mol. The minimum absolute atomic E-state index is 0.0130. The highest BCUT2D eigenvalue weighted by atomic mass is 32.2. The Morgan fingerprint density at radius 1 is 1.03 bits per heavy atom. The third-order valence-corrected chi connectivity index (χ3v) is 6.92. The van der Waals surface area contributed by atoms with Crippen molar-refractivity contribution in [3.05, 3.63) is 52.3 Å². The van der Waals surface area contributed by atoms with Gasteiger partial charge in [0.1, 0.15) is 0 Å². The standard InChI is InChI=1S/C28H42N6OS/c1-19(2)16-33(17-20(3)4)14-8-13-29-26(35)18-36-28-31-27-30-22(6)25(23(7)34(27)32-28)15-24-11-9-21(5)10-12-24/h9-12,19-20H,8,13-18H2,1-7H3,(H,29,35). The fourth-order valence-electron chi connectivity index (χ4n) is 4.42. The minimum Gasteiger partial charge on any atom is -0.355 e. The van der Waals surface area contributed by atoms with Crippen molar-refractivity contribution in [2.75, 3.05) is 31.9 Å². The van der Waals surface area contributed by atoms with Crippen molar-refractivity contribution in [1.29, 1.82) is 0 Å². The molecule has 0 atom stereocenters. The summed E-state index contributed by atoms with van der Waals surface area (Å²) in [5.74, 6) is 2.18. The third kappa shape index (κ3) is 8.30. The lowest BCUT2D eigenvalue weighted by Gasteiger charge is -2.26. The predicted molar refractivity (Wildman–Crippen MR) is 149 cm³/mol. The third-order valence-electron chi connectivity index (χ3n) is 6.08. The van der Waals surface area contributed by atoms with Gasteiger partial charge >= 0.3 is 0 Å². The molecule has 0 aliphatic heterocycles. The lowest BCUT2D eigenvalue weighted by Crippen LogP contribution is -2.34. The number of aromatic nitrogens is 4. The van der Waals surface area contributed by atoms with E-state index in [9.17, 15) is 4.79 Å². The highest BCUT2D eigenvalue weighted by Gasteiger charge is 2.15. The number of carbonyl (C=O) groups excluding carboxylic acids is 1. The molecule has 1 aromatic carbocycles. The Morgan fingerprint density at radius 3 is 2.33 bits per heavy atom. The second-order valence-corrected chi connectivity index (χ2v) is 11.5. The Kier molecular flexibility index (Phi) is 10.3.